The molecule has 1 fully saturated rings. The number of esters is 1. The highest BCUT2D eigenvalue weighted by Crippen LogP contribution is 2.29. The van der Waals surface area contributed by atoms with E-state index in [0.717, 1.165) is 32.0 Å². The number of phenolic OH excluding ortho intramolecular Hbond substituents is 2. The summed E-state index contributed by atoms with van der Waals surface area (Å²) in [6.07, 6.45) is 9.89. The van der Waals surface area contributed by atoms with Gasteiger partial charge in [-0.05, 0) is 37.0 Å². The summed E-state index contributed by atoms with van der Waals surface area (Å²) in [4.78, 5) is 31.9. The summed E-state index contributed by atoms with van der Waals surface area (Å²) >= 11 is 0. The summed E-state index contributed by atoms with van der Waals surface area (Å²) in [5, 5.41) is 27.5. The topological polar surface area (TPSA) is 121 Å². The van der Waals surface area contributed by atoms with Gasteiger partial charge in [-0.25, -0.2) is 4.79 Å². The van der Waals surface area contributed by atoms with Gasteiger partial charge in [0, 0.05) is 38.7 Å². The van der Waals surface area contributed by atoms with E-state index in [4.69, 9.17) is 9.57 Å². The van der Waals surface area contributed by atoms with E-state index in [9.17, 15) is 19.8 Å². The van der Waals surface area contributed by atoms with Crippen molar-refractivity contribution in [2.24, 2.45) is 5.16 Å². The minimum atomic E-state index is -0.680. The van der Waals surface area contributed by atoms with Gasteiger partial charge in [-0.15, -0.1) is 0 Å². The van der Waals surface area contributed by atoms with Crippen LogP contribution in [0.15, 0.2) is 41.6 Å². The maximum atomic E-state index is 12.6. The molecular weight excluding hydrogens is 414 g/mol. The van der Waals surface area contributed by atoms with Crippen molar-refractivity contribution in [1.29, 1.82) is 0 Å². The highest BCUT2D eigenvalue weighted by molar-refractivity contribution is 6.00. The minimum Gasteiger partial charge on any atom is -0.508 e. The summed E-state index contributed by atoms with van der Waals surface area (Å²) in [5.74, 6) is -1.38. The number of nitrogens with one attached hydrogen (secondary N) is 1. The van der Waals surface area contributed by atoms with Crippen LogP contribution >= 0.6 is 0 Å². The second-order valence-electron chi connectivity index (χ2n) is 7.54. The number of piperazine rings is 1. The Balaban J connectivity index is 1.80. The molecule has 172 valence electrons. The normalized spacial score (nSPS) is 21.2. The molecule has 1 aromatic carbocycles. The molecule has 32 heavy (non-hydrogen) atoms. The summed E-state index contributed by atoms with van der Waals surface area (Å²) < 4.78 is 5.27. The highest BCUT2D eigenvalue weighted by atomic mass is 16.6. The Hall–Kier alpha value is -3.33. The lowest BCUT2D eigenvalue weighted by Gasteiger charge is -2.26. The Morgan fingerprint density at radius 1 is 1.12 bits per heavy atom. The average Bonchev–Trinajstić information content (AvgIpc) is 2.77. The molecule has 0 aliphatic carbocycles. The van der Waals surface area contributed by atoms with E-state index < -0.39 is 5.97 Å². The Bertz CT molecular complexity index is 903. The van der Waals surface area contributed by atoms with E-state index in [1.54, 1.807) is 11.0 Å². The van der Waals surface area contributed by atoms with Crippen molar-refractivity contribution in [3.8, 4) is 11.5 Å². The third-order valence-corrected chi connectivity index (χ3v) is 5.09. The lowest BCUT2D eigenvalue weighted by Crippen LogP contribution is -2.47. The zero-order chi connectivity index (χ0) is 22.8. The number of allylic oxidation sites excluding steroid dienone is 3. The molecule has 2 aliphatic rings. The number of carbonyl (C=O) groups is 2. The highest BCUT2D eigenvalue weighted by Gasteiger charge is 2.21. The first-order valence-corrected chi connectivity index (χ1v) is 10.8. The Morgan fingerprint density at radius 3 is 2.69 bits per heavy atom. The molecule has 3 rings (SSSR count). The van der Waals surface area contributed by atoms with E-state index in [-0.39, 0.29) is 42.6 Å². The number of oxime groups is 1. The number of fused-ring (bicyclic) bond motifs is 1. The first-order valence-electron chi connectivity index (χ1n) is 10.8. The monoisotopic (exact) mass is 443 g/mol. The predicted molar refractivity (Wildman–Crippen MR) is 119 cm³/mol. The van der Waals surface area contributed by atoms with Crippen molar-refractivity contribution in [2.75, 3.05) is 39.4 Å². The summed E-state index contributed by atoms with van der Waals surface area (Å²) in [7, 11) is 0. The Morgan fingerprint density at radius 2 is 1.88 bits per heavy atom. The van der Waals surface area contributed by atoms with Gasteiger partial charge >= 0.3 is 5.97 Å². The average molecular weight is 444 g/mol. The number of benzene rings is 1. The van der Waals surface area contributed by atoms with Crippen molar-refractivity contribution in [1.82, 2.24) is 10.2 Å². The smallest absolute Gasteiger partial charge is 0.342 e. The quantitative estimate of drug-likeness (QED) is 0.371. The van der Waals surface area contributed by atoms with Gasteiger partial charge in [0.25, 0.3) is 5.91 Å². The molecule has 0 radical (unpaired) electrons. The van der Waals surface area contributed by atoms with Crippen LogP contribution in [0.4, 0.5) is 0 Å². The molecule has 0 aromatic heterocycles. The maximum absolute atomic E-state index is 12.6. The number of ether oxygens (including phenoxy) is 1. The molecule has 1 saturated heterocycles. The van der Waals surface area contributed by atoms with Crippen molar-refractivity contribution in [2.45, 2.75) is 25.7 Å². The van der Waals surface area contributed by atoms with Crippen LogP contribution in [0, 0.1) is 0 Å². The van der Waals surface area contributed by atoms with Crippen molar-refractivity contribution in [3.05, 3.63) is 47.6 Å². The fourth-order valence-corrected chi connectivity index (χ4v) is 3.48. The van der Waals surface area contributed by atoms with Gasteiger partial charge in [0.15, 0.2) is 6.61 Å². The molecule has 2 aliphatic heterocycles. The van der Waals surface area contributed by atoms with E-state index in [1.165, 1.54) is 6.07 Å². The number of aromatic hydroxyl groups is 2. The van der Waals surface area contributed by atoms with Gasteiger partial charge in [-0.3, -0.25) is 4.79 Å². The molecule has 9 nitrogen and oxygen atoms in total. The van der Waals surface area contributed by atoms with Gasteiger partial charge in [-0.2, -0.15) is 0 Å². The van der Waals surface area contributed by atoms with Crippen molar-refractivity contribution < 1.29 is 29.4 Å². The van der Waals surface area contributed by atoms with Crippen LogP contribution in [0.2, 0.25) is 0 Å². The third-order valence-electron chi connectivity index (χ3n) is 5.09. The summed E-state index contributed by atoms with van der Waals surface area (Å²) in [5.41, 5.74) is 0.764. The van der Waals surface area contributed by atoms with Crippen LogP contribution in [0.1, 0.15) is 35.2 Å². The van der Waals surface area contributed by atoms with Crippen LogP contribution in [-0.4, -0.2) is 72.1 Å². The van der Waals surface area contributed by atoms with Crippen LogP contribution in [0.25, 0.3) is 0 Å². The maximum Gasteiger partial charge on any atom is 0.342 e. The molecular formula is C23H29N3O6. The number of carbonyl (C=O) groups excluding carboxylic acids is 2. The molecule has 0 saturated carbocycles. The fraction of sp³-hybridized carbons (Fsp3) is 0.435. The van der Waals surface area contributed by atoms with Gasteiger partial charge < -0.3 is 30.0 Å². The minimum absolute atomic E-state index is 0.0261. The van der Waals surface area contributed by atoms with E-state index >= 15 is 0 Å². The third kappa shape index (κ3) is 6.84. The number of hydrogen-bond donors (Lipinski definition) is 3. The Labute approximate surface area is 187 Å². The molecule has 0 bridgehead atoms. The van der Waals surface area contributed by atoms with Crippen LogP contribution < -0.4 is 5.32 Å². The van der Waals surface area contributed by atoms with Crippen molar-refractivity contribution in [3.63, 3.8) is 0 Å². The van der Waals surface area contributed by atoms with Crippen LogP contribution in [-0.2, 0) is 20.8 Å². The second-order valence-corrected chi connectivity index (χ2v) is 7.54. The predicted octanol–water partition coefficient (Wildman–Crippen LogP) is 1.90. The molecule has 2 heterocycles. The standard InChI is InChI=1S/C23H29N3O6/c27-19-14-17-13-18(25-32-16-21(29)26-10-8-24-9-11-26)7-5-3-1-2-4-6-12-31-23(30)22(17)20(28)15-19/h2,4-5,7,14-15,24,27-28H,1,3,6,8-13,16H2/b4-2+,7-5+,25-18+. The number of rotatable bonds is 3. The van der Waals surface area contributed by atoms with Gasteiger partial charge in [0.05, 0.1) is 12.3 Å². The summed E-state index contributed by atoms with van der Waals surface area (Å²) in [6.45, 7) is 2.73. The number of hydrogen-bond acceptors (Lipinski definition) is 8. The fourth-order valence-electron chi connectivity index (χ4n) is 3.48. The lowest BCUT2D eigenvalue weighted by molar-refractivity contribution is -0.136. The van der Waals surface area contributed by atoms with E-state index in [2.05, 4.69) is 10.5 Å². The molecule has 1 aromatic rings. The molecule has 3 N–H and O–H groups in total. The van der Waals surface area contributed by atoms with Crippen LogP contribution in [0.5, 0.6) is 11.5 Å². The molecule has 0 atom stereocenters. The first kappa shape index (κ1) is 23.3. The SMILES string of the molecule is O=C1OCC/C=C/CC/C=C/C(=N\OCC(=O)N2CCNCC2)Cc2cc(O)cc(O)c21. The lowest BCUT2D eigenvalue weighted by atomic mass is 10.00. The zero-order valence-corrected chi connectivity index (χ0v) is 18.0. The van der Waals surface area contributed by atoms with Crippen molar-refractivity contribution >= 4 is 17.6 Å². The zero-order valence-electron chi connectivity index (χ0n) is 18.0. The number of nitrogens with zero attached hydrogens (tertiary/aromatic N) is 2. The van der Waals surface area contributed by atoms with E-state index in [0.29, 0.717) is 30.8 Å². The Kier molecular flexibility index (Phi) is 8.68. The number of cyclic esters (lactones) is 1. The number of amides is 1. The second kappa shape index (κ2) is 11.9. The van der Waals surface area contributed by atoms with E-state index in [1.807, 2.05) is 18.2 Å². The van der Waals surface area contributed by atoms with Gasteiger partial charge in [0.1, 0.15) is 17.1 Å². The molecule has 1 amide bonds. The largest absolute Gasteiger partial charge is 0.508 e. The molecule has 0 unspecified atom stereocenters. The first-order chi connectivity index (χ1) is 15.5. The van der Waals surface area contributed by atoms with Crippen LogP contribution in [0.3, 0.4) is 0 Å². The molecule has 9 heteroatoms. The van der Waals surface area contributed by atoms with Gasteiger partial charge in [-0.1, -0.05) is 23.4 Å². The van der Waals surface area contributed by atoms with Gasteiger partial charge in [0.2, 0.25) is 0 Å². The molecule has 0 spiro atoms. The number of phenols is 2. The summed E-state index contributed by atoms with van der Waals surface area (Å²) in [6, 6.07) is 2.48.